The Balaban J connectivity index is 1.47. The van der Waals surface area contributed by atoms with Gasteiger partial charge in [-0.25, -0.2) is 9.18 Å². The number of halogens is 2. The molecule has 4 heteroatoms. The molecule has 0 bridgehead atoms. The third kappa shape index (κ3) is 4.89. The fourth-order valence-corrected chi connectivity index (χ4v) is 2.87. The molecule has 1 aromatic carbocycles. The van der Waals surface area contributed by atoms with Crippen molar-refractivity contribution in [2.45, 2.75) is 43.1 Å². The predicted octanol–water partition coefficient (Wildman–Crippen LogP) is 4.87. The molecule has 0 aliphatic heterocycles. The van der Waals surface area contributed by atoms with Gasteiger partial charge in [0.2, 0.25) is 0 Å². The van der Waals surface area contributed by atoms with E-state index in [4.69, 9.17) is 4.74 Å². The molecule has 0 spiro atoms. The molecule has 2 atom stereocenters. The summed E-state index contributed by atoms with van der Waals surface area (Å²) in [7, 11) is 0. The van der Waals surface area contributed by atoms with Gasteiger partial charge in [0.15, 0.2) is 4.58 Å². The number of alkyl halides is 2. The molecule has 0 amide bonds. The number of esters is 1. The van der Waals surface area contributed by atoms with E-state index >= 15 is 0 Å². The summed E-state index contributed by atoms with van der Waals surface area (Å²) < 4.78 is 17.3. The summed E-state index contributed by atoms with van der Waals surface area (Å²) >= 11 is 3.06. The minimum atomic E-state index is -1.07. The van der Waals surface area contributed by atoms with Crippen molar-refractivity contribution in [3.8, 4) is 0 Å². The maximum absolute atomic E-state index is 13.2. The van der Waals surface area contributed by atoms with Gasteiger partial charge in [0.25, 0.3) is 0 Å². The van der Waals surface area contributed by atoms with Crippen molar-refractivity contribution in [3.05, 3.63) is 35.9 Å². The van der Waals surface area contributed by atoms with Crippen molar-refractivity contribution in [3.63, 3.8) is 0 Å². The van der Waals surface area contributed by atoms with Gasteiger partial charge in [-0.05, 0) is 47.3 Å². The number of benzene rings is 1. The van der Waals surface area contributed by atoms with E-state index in [0.29, 0.717) is 18.6 Å². The maximum Gasteiger partial charge on any atom is 0.338 e. The van der Waals surface area contributed by atoms with E-state index in [2.05, 4.69) is 15.9 Å². The van der Waals surface area contributed by atoms with Crippen LogP contribution in [0.25, 0.3) is 0 Å². The lowest BCUT2D eigenvalue weighted by Crippen LogP contribution is -2.06. The molecule has 1 aliphatic rings. The molecule has 0 N–H and O–H groups in total. The topological polar surface area (TPSA) is 26.3 Å². The van der Waals surface area contributed by atoms with Crippen molar-refractivity contribution in [1.29, 1.82) is 0 Å². The summed E-state index contributed by atoms with van der Waals surface area (Å²) in [6.07, 6.45) is 5.62. The van der Waals surface area contributed by atoms with Gasteiger partial charge in [-0.3, -0.25) is 0 Å². The second kappa shape index (κ2) is 7.21. The van der Waals surface area contributed by atoms with E-state index in [0.717, 1.165) is 32.1 Å². The van der Waals surface area contributed by atoms with Crippen LogP contribution in [0.15, 0.2) is 30.3 Å². The van der Waals surface area contributed by atoms with Gasteiger partial charge < -0.3 is 4.74 Å². The lowest BCUT2D eigenvalue weighted by Gasteiger charge is -2.05. The zero-order valence-electron chi connectivity index (χ0n) is 11.5. The fraction of sp³-hybridized carbons (Fsp3) is 0.562. The van der Waals surface area contributed by atoms with Gasteiger partial charge in [0, 0.05) is 5.92 Å². The Kier molecular flexibility index (Phi) is 5.58. The third-order valence-electron chi connectivity index (χ3n) is 3.65. The lowest BCUT2D eigenvalue weighted by molar-refractivity contribution is 0.0497. The van der Waals surface area contributed by atoms with Gasteiger partial charge in [-0.2, -0.15) is 0 Å². The first-order chi connectivity index (χ1) is 9.59. The first-order valence-corrected chi connectivity index (χ1v) is 7.99. The van der Waals surface area contributed by atoms with Crippen molar-refractivity contribution >= 4 is 21.9 Å². The summed E-state index contributed by atoms with van der Waals surface area (Å²) in [5.74, 6) is -0.0523. The number of ether oxygens (including phenoxy) is 1. The Morgan fingerprint density at radius 3 is 2.55 bits per heavy atom. The highest BCUT2D eigenvalue weighted by Gasteiger charge is 2.52. The molecule has 110 valence electrons. The number of carbonyl (C=O) groups excluding carboxylic acids is 1. The predicted molar refractivity (Wildman–Crippen MR) is 80.7 cm³/mol. The summed E-state index contributed by atoms with van der Waals surface area (Å²) in [5, 5.41) is 0. The monoisotopic (exact) mass is 342 g/mol. The van der Waals surface area contributed by atoms with Crippen LogP contribution in [0.3, 0.4) is 0 Å². The second-order valence-corrected chi connectivity index (χ2v) is 6.69. The maximum atomic E-state index is 13.2. The Bertz CT molecular complexity index is 433. The van der Waals surface area contributed by atoms with Crippen LogP contribution < -0.4 is 0 Å². The highest BCUT2D eigenvalue weighted by atomic mass is 79.9. The van der Waals surface area contributed by atoms with Gasteiger partial charge in [-0.15, -0.1) is 0 Å². The van der Waals surface area contributed by atoms with E-state index in [1.54, 1.807) is 12.1 Å². The Hall–Kier alpha value is -0.900. The standard InChI is InChI=1S/C16H20BrFO2/c17-16(18)12-14(16)10-6-1-2-7-11-20-15(19)13-8-4-3-5-9-13/h3-5,8-9,14H,1-2,6-7,10-12H2. The SMILES string of the molecule is O=C(OCCCCCCC1CC1(F)Br)c1ccccc1. The molecule has 2 nitrogen and oxygen atoms in total. The molecule has 1 fully saturated rings. The molecule has 1 aromatic rings. The molecule has 0 saturated heterocycles. The molecule has 2 unspecified atom stereocenters. The second-order valence-electron chi connectivity index (χ2n) is 5.37. The van der Waals surface area contributed by atoms with Crippen LogP contribution in [0.5, 0.6) is 0 Å². The lowest BCUT2D eigenvalue weighted by atomic mass is 10.1. The number of rotatable bonds is 8. The van der Waals surface area contributed by atoms with Gasteiger partial charge in [0.1, 0.15) is 0 Å². The normalized spacial score (nSPS) is 24.4. The molecule has 0 aromatic heterocycles. The van der Waals surface area contributed by atoms with Crippen LogP contribution in [-0.2, 0) is 4.74 Å². The molecule has 2 rings (SSSR count). The highest BCUT2D eigenvalue weighted by Crippen LogP contribution is 2.54. The zero-order chi connectivity index (χ0) is 14.4. The summed E-state index contributed by atoms with van der Waals surface area (Å²) in [6.45, 7) is 0.461. The van der Waals surface area contributed by atoms with Gasteiger partial charge in [0.05, 0.1) is 12.2 Å². The Morgan fingerprint density at radius 1 is 1.25 bits per heavy atom. The third-order valence-corrected chi connectivity index (χ3v) is 4.62. The average Bonchev–Trinajstić information content (AvgIpc) is 3.06. The van der Waals surface area contributed by atoms with Gasteiger partial charge >= 0.3 is 5.97 Å². The molecule has 1 saturated carbocycles. The molecule has 0 heterocycles. The number of carbonyl (C=O) groups is 1. The van der Waals surface area contributed by atoms with E-state index in [-0.39, 0.29) is 11.9 Å². The molecular weight excluding hydrogens is 323 g/mol. The summed E-state index contributed by atoms with van der Waals surface area (Å²) in [4.78, 5) is 11.6. The van der Waals surface area contributed by atoms with E-state index in [9.17, 15) is 9.18 Å². The minimum absolute atomic E-state index is 0.207. The Labute approximate surface area is 127 Å². The summed E-state index contributed by atoms with van der Waals surface area (Å²) in [6, 6.07) is 9.02. The molecule has 0 radical (unpaired) electrons. The van der Waals surface area contributed by atoms with E-state index in [1.165, 1.54) is 0 Å². The van der Waals surface area contributed by atoms with Crippen molar-refractivity contribution < 1.29 is 13.9 Å². The van der Waals surface area contributed by atoms with Crippen LogP contribution in [0.1, 0.15) is 48.9 Å². The highest BCUT2D eigenvalue weighted by molar-refractivity contribution is 9.10. The van der Waals surface area contributed by atoms with Crippen LogP contribution in [0, 0.1) is 5.92 Å². The first-order valence-electron chi connectivity index (χ1n) is 7.19. The number of unbranched alkanes of at least 4 members (excludes halogenated alkanes) is 3. The van der Waals surface area contributed by atoms with Crippen LogP contribution in [0.2, 0.25) is 0 Å². The zero-order valence-corrected chi connectivity index (χ0v) is 13.1. The smallest absolute Gasteiger partial charge is 0.338 e. The quantitative estimate of drug-likeness (QED) is 0.382. The van der Waals surface area contributed by atoms with E-state index in [1.807, 2.05) is 18.2 Å². The number of hydrogen-bond donors (Lipinski definition) is 0. The van der Waals surface area contributed by atoms with Crippen LogP contribution in [0.4, 0.5) is 4.39 Å². The van der Waals surface area contributed by atoms with Crippen molar-refractivity contribution in [2.75, 3.05) is 6.61 Å². The van der Waals surface area contributed by atoms with Crippen molar-refractivity contribution in [2.24, 2.45) is 5.92 Å². The first kappa shape index (κ1) is 15.5. The average molecular weight is 343 g/mol. The van der Waals surface area contributed by atoms with Crippen molar-refractivity contribution in [1.82, 2.24) is 0 Å². The summed E-state index contributed by atoms with van der Waals surface area (Å²) in [5.41, 5.74) is 0.595. The Morgan fingerprint density at radius 2 is 1.90 bits per heavy atom. The number of hydrogen-bond acceptors (Lipinski definition) is 2. The van der Waals surface area contributed by atoms with E-state index < -0.39 is 4.58 Å². The molecule has 20 heavy (non-hydrogen) atoms. The largest absolute Gasteiger partial charge is 0.462 e. The fourth-order valence-electron chi connectivity index (χ4n) is 2.25. The molecule has 1 aliphatic carbocycles. The van der Waals surface area contributed by atoms with Crippen LogP contribution in [-0.4, -0.2) is 17.2 Å². The van der Waals surface area contributed by atoms with Gasteiger partial charge in [-0.1, -0.05) is 37.5 Å². The van der Waals surface area contributed by atoms with Crippen LogP contribution >= 0.6 is 15.9 Å². The molecular formula is C16H20BrFO2. The minimum Gasteiger partial charge on any atom is -0.462 e.